The molecule has 0 aliphatic carbocycles. The second-order valence-electron chi connectivity index (χ2n) is 7.43. The smallest absolute Gasteiger partial charge is 0.407 e. The Hall–Kier alpha value is -2.31. The Morgan fingerprint density at radius 2 is 2.12 bits per heavy atom. The number of hydrogen-bond donors (Lipinski definition) is 2. The molecule has 1 aromatic heterocycles. The van der Waals surface area contributed by atoms with Gasteiger partial charge in [0, 0.05) is 20.0 Å². The largest absolute Gasteiger partial charge is 0.484 e. The summed E-state index contributed by atoms with van der Waals surface area (Å²) in [5, 5.41) is 11.8. The SMILES string of the molecule is CNC(=O)c1ccc(O[C@]2(CC(C)(C)C)CCN(C(=O)O)C2)cn1. The summed E-state index contributed by atoms with van der Waals surface area (Å²) in [6.45, 7) is 7.10. The van der Waals surface area contributed by atoms with Crippen LogP contribution in [0.5, 0.6) is 5.75 Å². The second-order valence-corrected chi connectivity index (χ2v) is 7.43. The summed E-state index contributed by atoms with van der Waals surface area (Å²) in [4.78, 5) is 28.3. The van der Waals surface area contributed by atoms with Gasteiger partial charge in [-0.3, -0.25) is 4.79 Å². The van der Waals surface area contributed by atoms with Crippen LogP contribution in [-0.2, 0) is 0 Å². The van der Waals surface area contributed by atoms with Crippen molar-refractivity contribution in [3.63, 3.8) is 0 Å². The molecule has 0 unspecified atom stereocenters. The van der Waals surface area contributed by atoms with E-state index in [9.17, 15) is 14.7 Å². The molecule has 2 rings (SSSR count). The van der Waals surface area contributed by atoms with Crippen molar-refractivity contribution in [2.75, 3.05) is 20.1 Å². The van der Waals surface area contributed by atoms with Crippen LogP contribution in [0.15, 0.2) is 18.3 Å². The molecule has 7 nitrogen and oxygen atoms in total. The summed E-state index contributed by atoms with van der Waals surface area (Å²) in [6.07, 6.45) is 1.94. The van der Waals surface area contributed by atoms with E-state index in [-0.39, 0.29) is 11.3 Å². The third-order valence-electron chi connectivity index (χ3n) is 3.97. The number of ether oxygens (including phenoxy) is 1. The average Bonchev–Trinajstić information content (AvgIpc) is 2.89. The van der Waals surface area contributed by atoms with E-state index in [0.29, 0.717) is 31.0 Å². The van der Waals surface area contributed by atoms with Crippen molar-refractivity contribution >= 4 is 12.0 Å². The molecule has 132 valence electrons. The van der Waals surface area contributed by atoms with Gasteiger partial charge in [-0.15, -0.1) is 0 Å². The number of amides is 2. The maximum absolute atomic E-state index is 11.6. The molecule has 1 saturated heterocycles. The second kappa shape index (κ2) is 6.67. The fraction of sp³-hybridized carbons (Fsp3) is 0.588. The number of rotatable bonds is 4. The third-order valence-corrected chi connectivity index (χ3v) is 3.97. The van der Waals surface area contributed by atoms with Crippen molar-refractivity contribution in [3.8, 4) is 5.75 Å². The van der Waals surface area contributed by atoms with E-state index in [4.69, 9.17) is 4.74 Å². The lowest BCUT2D eigenvalue weighted by molar-refractivity contribution is 0.0349. The summed E-state index contributed by atoms with van der Waals surface area (Å²) in [7, 11) is 1.55. The minimum absolute atomic E-state index is 0.00994. The molecular formula is C17H25N3O4. The third kappa shape index (κ3) is 4.37. The minimum Gasteiger partial charge on any atom is -0.484 e. The Labute approximate surface area is 142 Å². The lowest BCUT2D eigenvalue weighted by Crippen LogP contribution is -2.43. The molecule has 2 N–H and O–H groups in total. The molecule has 0 spiro atoms. The van der Waals surface area contributed by atoms with Crippen molar-refractivity contribution in [2.45, 2.75) is 39.2 Å². The maximum Gasteiger partial charge on any atom is 0.407 e. The molecule has 1 atom stereocenters. The van der Waals surface area contributed by atoms with Crippen molar-refractivity contribution in [2.24, 2.45) is 5.41 Å². The Kier molecular flexibility index (Phi) is 5.01. The van der Waals surface area contributed by atoms with E-state index < -0.39 is 11.7 Å². The summed E-state index contributed by atoms with van der Waals surface area (Å²) >= 11 is 0. The van der Waals surface area contributed by atoms with Crippen molar-refractivity contribution < 1.29 is 19.4 Å². The molecule has 2 heterocycles. The maximum atomic E-state index is 11.6. The van der Waals surface area contributed by atoms with Crippen LogP contribution < -0.4 is 10.1 Å². The van der Waals surface area contributed by atoms with Crippen LogP contribution in [0.2, 0.25) is 0 Å². The van der Waals surface area contributed by atoms with E-state index in [1.54, 1.807) is 19.2 Å². The predicted octanol–water partition coefficient (Wildman–Crippen LogP) is 2.38. The summed E-state index contributed by atoms with van der Waals surface area (Å²) in [6, 6.07) is 3.30. The first-order valence-corrected chi connectivity index (χ1v) is 7.99. The lowest BCUT2D eigenvalue weighted by Gasteiger charge is -2.35. The number of aromatic nitrogens is 1. The Morgan fingerprint density at radius 3 is 2.58 bits per heavy atom. The minimum atomic E-state index is -0.928. The van der Waals surface area contributed by atoms with Gasteiger partial charge in [0.25, 0.3) is 5.91 Å². The molecular weight excluding hydrogens is 310 g/mol. The molecule has 1 fully saturated rings. The van der Waals surface area contributed by atoms with E-state index in [1.807, 2.05) is 0 Å². The molecule has 1 aromatic rings. The summed E-state index contributed by atoms with van der Waals surface area (Å²) < 4.78 is 6.19. The molecule has 1 aliphatic heterocycles. The van der Waals surface area contributed by atoms with Gasteiger partial charge in [-0.05, 0) is 24.0 Å². The molecule has 2 amide bonds. The van der Waals surface area contributed by atoms with Crippen LogP contribution in [0.1, 0.15) is 44.1 Å². The molecule has 0 saturated carbocycles. The Bertz CT molecular complexity index is 609. The van der Waals surface area contributed by atoms with Crippen LogP contribution in [0.25, 0.3) is 0 Å². The highest BCUT2D eigenvalue weighted by Gasteiger charge is 2.44. The van der Waals surface area contributed by atoms with Crippen molar-refractivity contribution in [3.05, 3.63) is 24.0 Å². The summed E-state index contributed by atoms with van der Waals surface area (Å²) in [5.41, 5.74) is -0.273. The highest BCUT2D eigenvalue weighted by molar-refractivity contribution is 5.91. The van der Waals surface area contributed by atoms with Gasteiger partial charge in [0.05, 0.1) is 12.7 Å². The van der Waals surface area contributed by atoms with Crippen molar-refractivity contribution in [1.82, 2.24) is 15.2 Å². The summed E-state index contributed by atoms with van der Waals surface area (Å²) in [5.74, 6) is 0.281. The van der Waals surface area contributed by atoms with Gasteiger partial charge >= 0.3 is 6.09 Å². The van der Waals surface area contributed by atoms with Gasteiger partial charge in [0.1, 0.15) is 17.0 Å². The van der Waals surface area contributed by atoms with Gasteiger partial charge in [-0.1, -0.05) is 20.8 Å². The molecule has 24 heavy (non-hydrogen) atoms. The zero-order chi connectivity index (χ0) is 18.0. The highest BCUT2D eigenvalue weighted by atomic mass is 16.5. The first-order valence-electron chi connectivity index (χ1n) is 7.99. The van der Waals surface area contributed by atoms with E-state index in [0.717, 1.165) is 6.42 Å². The van der Waals surface area contributed by atoms with Crippen LogP contribution in [-0.4, -0.2) is 52.7 Å². The number of likely N-dealkylation sites (tertiary alicyclic amines) is 1. The van der Waals surface area contributed by atoms with E-state index in [1.165, 1.54) is 11.1 Å². The zero-order valence-electron chi connectivity index (χ0n) is 14.6. The van der Waals surface area contributed by atoms with Gasteiger partial charge in [-0.25, -0.2) is 9.78 Å². The number of hydrogen-bond acceptors (Lipinski definition) is 4. The van der Waals surface area contributed by atoms with Gasteiger partial charge < -0.3 is 20.1 Å². The topological polar surface area (TPSA) is 91.8 Å². The molecule has 1 aliphatic rings. The van der Waals surface area contributed by atoms with Crippen LogP contribution in [0.3, 0.4) is 0 Å². The quantitative estimate of drug-likeness (QED) is 0.881. The van der Waals surface area contributed by atoms with Gasteiger partial charge in [-0.2, -0.15) is 0 Å². The van der Waals surface area contributed by atoms with Gasteiger partial charge in [0.15, 0.2) is 0 Å². The highest BCUT2D eigenvalue weighted by Crippen LogP contribution is 2.37. The Morgan fingerprint density at radius 1 is 1.42 bits per heavy atom. The molecule has 7 heteroatoms. The predicted molar refractivity (Wildman–Crippen MR) is 89.3 cm³/mol. The van der Waals surface area contributed by atoms with Crippen LogP contribution in [0, 0.1) is 5.41 Å². The van der Waals surface area contributed by atoms with Crippen LogP contribution >= 0.6 is 0 Å². The fourth-order valence-corrected chi connectivity index (χ4v) is 3.19. The Balaban J connectivity index is 2.20. The standard InChI is InChI=1S/C17H25N3O4/c1-16(2,3)10-17(7-8-20(11-17)15(22)23)24-12-5-6-13(19-9-12)14(21)18-4/h5-6,9H,7-8,10-11H2,1-4H3,(H,18,21)(H,22,23)/t17-/m0/s1. The first-order chi connectivity index (χ1) is 11.1. The number of pyridine rings is 1. The normalized spacial score (nSPS) is 20.8. The number of carbonyl (C=O) groups excluding carboxylic acids is 1. The zero-order valence-corrected chi connectivity index (χ0v) is 14.6. The van der Waals surface area contributed by atoms with Crippen LogP contribution in [0.4, 0.5) is 4.79 Å². The lowest BCUT2D eigenvalue weighted by atomic mass is 9.81. The molecule has 0 aromatic carbocycles. The van der Waals surface area contributed by atoms with Gasteiger partial charge in [0.2, 0.25) is 0 Å². The fourth-order valence-electron chi connectivity index (χ4n) is 3.19. The number of carboxylic acid groups (broad SMARTS) is 1. The number of nitrogens with zero attached hydrogens (tertiary/aromatic N) is 2. The average molecular weight is 335 g/mol. The monoisotopic (exact) mass is 335 g/mol. The van der Waals surface area contributed by atoms with E-state index in [2.05, 4.69) is 31.1 Å². The molecule has 0 radical (unpaired) electrons. The van der Waals surface area contributed by atoms with E-state index >= 15 is 0 Å². The number of nitrogens with one attached hydrogen (secondary N) is 1. The molecule has 0 bridgehead atoms. The number of carbonyl (C=O) groups is 2. The van der Waals surface area contributed by atoms with Crippen molar-refractivity contribution in [1.29, 1.82) is 0 Å². The first kappa shape index (κ1) is 18.0.